The number of likely N-dealkylation sites (tertiary alicyclic amines) is 1. The van der Waals surface area contributed by atoms with Gasteiger partial charge in [-0.15, -0.1) is 0 Å². The molecule has 0 saturated carbocycles. The van der Waals surface area contributed by atoms with E-state index in [1.807, 2.05) is 55.4 Å². The second-order valence-electron chi connectivity index (χ2n) is 7.20. The van der Waals surface area contributed by atoms with Crippen LogP contribution in [0.5, 0.6) is 11.5 Å². The molecule has 2 aliphatic heterocycles. The van der Waals surface area contributed by atoms with Crippen molar-refractivity contribution >= 4 is 5.91 Å². The summed E-state index contributed by atoms with van der Waals surface area (Å²) in [5, 5.41) is 0. The van der Waals surface area contributed by atoms with Crippen molar-refractivity contribution in [2.24, 2.45) is 5.92 Å². The van der Waals surface area contributed by atoms with Gasteiger partial charge in [0.15, 0.2) is 11.5 Å². The maximum Gasteiger partial charge on any atom is 0.267 e. The summed E-state index contributed by atoms with van der Waals surface area (Å²) in [5.74, 6) is 3.01. The van der Waals surface area contributed by atoms with Gasteiger partial charge in [0.05, 0.1) is 0 Å². The summed E-state index contributed by atoms with van der Waals surface area (Å²) in [6.07, 6.45) is 5.01. The highest BCUT2D eigenvalue weighted by atomic mass is 16.6. The highest BCUT2D eigenvalue weighted by Gasteiger charge is 2.37. The van der Waals surface area contributed by atoms with Crippen LogP contribution >= 0.6 is 0 Å². The minimum absolute atomic E-state index is 0.0317. The lowest BCUT2D eigenvalue weighted by Crippen LogP contribution is -2.52. The molecular formula is C20H25N3O3. The van der Waals surface area contributed by atoms with E-state index in [9.17, 15) is 4.79 Å². The number of fused-ring (bicyclic) bond motifs is 1. The summed E-state index contributed by atoms with van der Waals surface area (Å²) in [4.78, 5) is 19.2. The number of piperidine rings is 1. The minimum Gasteiger partial charge on any atom is -0.482 e. The lowest BCUT2D eigenvalue weighted by Gasteiger charge is -2.37. The number of aryl methyl sites for hydroxylation is 1. The number of amides is 1. The van der Waals surface area contributed by atoms with Crippen LogP contribution in [0.2, 0.25) is 0 Å². The quantitative estimate of drug-likeness (QED) is 0.849. The van der Waals surface area contributed by atoms with Gasteiger partial charge in [-0.25, -0.2) is 4.98 Å². The molecule has 4 rings (SSSR count). The fourth-order valence-corrected chi connectivity index (χ4v) is 3.78. The first-order chi connectivity index (χ1) is 12.6. The molecule has 0 spiro atoms. The van der Waals surface area contributed by atoms with E-state index in [1.54, 1.807) is 0 Å². The number of aromatic nitrogens is 2. The molecule has 2 aromatic rings. The Morgan fingerprint density at radius 2 is 1.88 bits per heavy atom. The van der Waals surface area contributed by atoms with Gasteiger partial charge < -0.3 is 18.9 Å². The predicted octanol–water partition coefficient (Wildman–Crippen LogP) is 2.66. The Kier molecular flexibility index (Phi) is 4.57. The van der Waals surface area contributed by atoms with Gasteiger partial charge in [0.1, 0.15) is 11.9 Å². The normalized spacial score (nSPS) is 23.1. The van der Waals surface area contributed by atoms with Crippen molar-refractivity contribution < 1.29 is 14.3 Å². The molecule has 138 valence electrons. The molecule has 1 aromatic heterocycles. The van der Waals surface area contributed by atoms with Crippen molar-refractivity contribution in [2.45, 2.75) is 45.4 Å². The number of ether oxygens (including phenoxy) is 2. The monoisotopic (exact) mass is 355 g/mol. The van der Waals surface area contributed by atoms with Crippen molar-refractivity contribution in [1.82, 2.24) is 14.5 Å². The van der Waals surface area contributed by atoms with Crippen LogP contribution < -0.4 is 9.47 Å². The van der Waals surface area contributed by atoms with E-state index in [-0.39, 0.29) is 12.0 Å². The molecule has 0 aliphatic carbocycles. The third-order valence-corrected chi connectivity index (χ3v) is 5.39. The number of para-hydroxylation sites is 2. The van der Waals surface area contributed by atoms with E-state index in [4.69, 9.17) is 9.47 Å². The summed E-state index contributed by atoms with van der Waals surface area (Å²) in [6.45, 7) is 6.43. The molecule has 1 fully saturated rings. The fraction of sp³-hybridized carbons (Fsp3) is 0.500. The van der Waals surface area contributed by atoms with E-state index < -0.39 is 6.10 Å². The van der Waals surface area contributed by atoms with Crippen molar-refractivity contribution in [3.8, 4) is 11.5 Å². The molecule has 1 aromatic carbocycles. The molecule has 6 heteroatoms. The van der Waals surface area contributed by atoms with Gasteiger partial charge in [-0.2, -0.15) is 0 Å². The van der Waals surface area contributed by atoms with Crippen LogP contribution in [-0.4, -0.2) is 45.7 Å². The van der Waals surface area contributed by atoms with Crippen LogP contribution in [0.4, 0.5) is 0 Å². The molecule has 1 amide bonds. The standard InChI is InChI=1S/C20H25N3O3/c1-14-19(26-18-6-4-3-5-17(18)25-14)20(24)22-10-7-16(8-11-22)13-23-12-9-21-15(23)2/h3-6,9,12,14,16,19H,7-8,10-11,13H2,1-2H3. The van der Waals surface area contributed by atoms with Gasteiger partial charge in [0.25, 0.3) is 5.91 Å². The molecule has 0 radical (unpaired) electrons. The Morgan fingerprint density at radius 3 is 2.54 bits per heavy atom. The topological polar surface area (TPSA) is 56.6 Å². The molecule has 3 heterocycles. The Balaban J connectivity index is 1.36. The maximum absolute atomic E-state index is 13.0. The molecular weight excluding hydrogens is 330 g/mol. The van der Waals surface area contributed by atoms with Crippen molar-refractivity contribution in [3.05, 3.63) is 42.5 Å². The number of carbonyl (C=O) groups excluding carboxylic acids is 1. The van der Waals surface area contributed by atoms with Crippen LogP contribution in [-0.2, 0) is 11.3 Å². The Labute approximate surface area is 153 Å². The molecule has 0 bridgehead atoms. The van der Waals surface area contributed by atoms with E-state index in [0.29, 0.717) is 17.4 Å². The average Bonchev–Trinajstić information content (AvgIpc) is 3.06. The highest BCUT2D eigenvalue weighted by Crippen LogP contribution is 2.34. The molecule has 26 heavy (non-hydrogen) atoms. The zero-order valence-electron chi connectivity index (χ0n) is 15.3. The zero-order valence-corrected chi connectivity index (χ0v) is 15.3. The van der Waals surface area contributed by atoms with Gasteiger partial charge in [0.2, 0.25) is 6.10 Å². The van der Waals surface area contributed by atoms with Crippen molar-refractivity contribution in [2.75, 3.05) is 13.1 Å². The number of benzene rings is 1. The lowest BCUT2D eigenvalue weighted by molar-refractivity contribution is -0.145. The summed E-state index contributed by atoms with van der Waals surface area (Å²) in [6, 6.07) is 7.52. The second-order valence-corrected chi connectivity index (χ2v) is 7.20. The Bertz CT molecular complexity index is 780. The van der Waals surface area contributed by atoms with Gasteiger partial charge in [0, 0.05) is 32.0 Å². The van der Waals surface area contributed by atoms with Crippen LogP contribution in [0.3, 0.4) is 0 Å². The molecule has 0 N–H and O–H groups in total. The Morgan fingerprint density at radius 1 is 1.19 bits per heavy atom. The van der Waals surface area contributed by atoms with Gasteiger partial charge in [-0.1, -0.05) is 12.1 Å². The second kappa shape index (κ2) is 7.02. The van der Waals surface area contributed by atoms with Crippen molar-refractivity contribution in [1.29, 1.82) is 0 Å². The maximum atomic E-state index is 13.0. The molecule has 2 unspecified atom stereocenters. The highest BCUT2D eigenvalue weighted by molar-refractivity contribution is 5.82. The lowest BCUT2D eigenvalue weighted by atomic mass is 9.96. The van der Waals surface area contributed by atoms with Gasteiger partial charge in [-0.3, -0.25) is 4.79 Å². The smallest absolute Gasteiger partial charge is 0.267 e. The number of imidazole rings is 1. The first-order valence-electron chi connectivity index (χ1n) is 9.30. The third-order valence-electron chi connectivity index (χ3n) is 5.39. The predicted molar refractivity (Wildman–Crippen MR) is 97.2 cm³/mol. The molecule has 1 saturated heterocycles. The number of nitrogens with zero attached hydrogens (tertiary/aromatic N) is 3. The number of hydrogen-bond acceptors (Lipinski definition) is 4. The van der Waals surface area contributed by atoms with Gasteiger partial charge in [-0.05, 0) is 44.7 Å². The van der Waals surface area contributed by atoms with Crippen LogP contribution in [0, 0.1) is 12.8 Å². The van der Waals surface area contributed by atoms with E-state index in [2.05, 4.69) is 9.55 Å². The Hall–Kier alpha value is -2.50. The largest absolute Gasteiger partial charge is 0.482 e. The van der Waals surface area contributed by atoms with E-state index in [0.717, 1.165) is 38.3 Å². The third kappa shape index (κ3) is 3.28. The summed E-state index contributed by atoms with van der Waals surface area (Å²) in [5.41, 5.74) is 0. The zero-order chi connectivity index (χ0) is 18.1. The summed E-state index contributed by atoms with van der Waals surface area (Å²) >= 11 is 0. The van der Waals surface area contributed by atoms with Gasteiger partial charge >= 0.3 is 0 Å². The average molecular weight is 355 g/mol. The summed E-state index contributed by atoms with van der Waals surface area (Å²) in [7, 11) is 0. The number of carbonyl (C=O) groups is 1. The molecule has 6 nitrogen and oxygen atoms in total. The number of rotatable bonds is 3. The van der Waals surface area contributed by atoms with Crippen LogP contribution in [0.25, 0.3) is 0 Å². The first kappa shape index (κ1) is 16.9. The fourth-order valence-electron chi connectivity index (χ4n) is 3.78. The first-order valence-corrected chi connectivity index (χ1v) is 9.30. The van der Waals surface area contributed by atoms with Crippen molar-refractivity contribution in [3.63, 3.8) is 0 Å². The van der Waals surface area contributed by atoms with Crippen LogP contribution in [0.1, 0.15) is 25.6 Å². The van der Waals surface area contributed by atoms with Crippen LogP contribution in [0.15, 0.2) is 36.7 Å². The number of hydrogen-bond donors (Lipinski definition) is 0. The SMILES string of the molecule is Cc1nccn1CC1CCN(C(=O)C2Oc3ccccc3OC2C)CC1. The molecule has 2 aliphatic rings. The summed E-state index contributed by atoms with van der Waals surface area (Å²) < 4.78 is 14.0. The molecule has 2 atom stereocenters. The van der Waals surface area contributed by atoms with E-state index >= 15 is 0 Å². The van der Waals surface area contributed by atoms with E-state index in [1.165, 1.54) is 0 Å². The minimum atomic E-state index is -0.572.